The molecule has 230 valence electrons. The molecule has 0 bridgehead atoms. The molecule has 0 radical (unpaired) electrons. The fraction of sp³-hybridized carbons (Fsp3) is 0.485. The SMILES string of the molecule is CCC1=C(C)[C@@H](Cc2[nH]c(/C=C3\N=C(C[C@@H]4NC(=O)C(C)=C4CC)C(C)=C3CCC(=O)O)c(CCC(=O)O)c2C)NC1=O. The molecule has 0 spiro atoms. The summed E-state index contributed by atoms with van der Waals surface area (Å²) in [5, 5.41) is 25.0. The van der Waals surface area contributed by atoms with Crippen LogP contribution < -0.4 is 10.6 Å². The fourth-order valence-electron chi connectivity index (χ4n) is 6.49. The molecule has 10 heteroatoms. The van der Waals surface area contributed by atoms with E-state index in [9.17, 15) is 29.4 Å². The molecule has 10 nitrogen and oxygen atoms in total. The Labute approximate surface area is 252 Å². The van der Waals surface area contributed by atoms with Gasteiger partial charge in [-0.25, -0.2) is 0 Å². The van der Waals surface area contributed by atoms with Crippen molar-refractivity contribution in [2.45, 2.75) is 105 Å². The smallest absolute Gasteiger partial charge is 0.303 e. The number of hydrogen-bond acceptors (Lipinski definition) is 5. The van der Waals surface area contributed by atoms with Gasteiger partial charge in [-0.05, 0) is 92.9 Å². The maximum atomic E-state index is 12.4. The highest BCUT2D eigenvalue weighted by Gasteiger charge is 2.32. The first-order valence-electron chi connectivity index (χ1n) is 15.0. The lowest BCUT2D eigenvalue weighted by molar-refractivity contribution is -0.138. The van der Waals surface area contributed by atoms with Gasteiger partial charge < -0.3 is 25.8 Å². The van der Waals surface area contributed by atoms with Crippen LogP contribution in [0.4, 0.5) is 0 Å². The van der Waals surface area contributed by atoms with Gasteiger partial charge in [0.15, 0.2) is 0 Å². The molecule has 5 N–H and O–H groups in total. The number of carbonyl (C=O) groups is 4. The number of carboxylic acids is 2. The number of carbonyl (C=O) groups excluding carboxylic acids is 2. The number of amides is 2. The van der Waals surface area contributed by atoms with Crippen LogP contribution in [0.3, 0.4) is 0 Å². The molecule has 0 unspecified atom stereocenters. The van der Waals surface area contributed by atoms with Crippen LogP contribution in [0, 0.1) is 6.92 Å². The highest BCUT2D eigenvalue weighted by molar-refractivity contribution is 6.07. The van der Waals surface area contributed by atoms with E-state index in [2.05, 4.69) is 15.6 Å². The first kappa shape index (κ1) is 31.7. The van der Waals surface area contributed by atoms with E-state index in [-0.39, 0.29) is 36.7 Å². The van der Waals surface area contributed by atoms with Gasteiger partial charge in [-0.2, -0.15) is 0 Å². The number of H-pyrrole nitrogens is 1. The van der Waals surface area contributed by atoms with Crippen molar-refractivity contribution < 1.29 is 29.4 Å². The average Bonchev–Trinajstić information content (AvgIpc) is 3.59. The number of nitrogens with one attached hydrogen (secondary N) is 3. The van der Waals surface area contributed by atoms with Crippen molar-refractivity contribution in [2.75, 3.05) is 0 Å². The molecule has 0 saturated heterocycles. The summed E-state index contributed by atoms with van der Waals surface area (Å²) in [6.07, 6.45) is 4.83. The summed E-state index contributed by atoms with van der Waals surface area (Å²) in [6, 6.07) is -0.314. The van der Waals surface area contributed by atoms with Gasteiger partial charge in [0.2, 0.25) is 11.8 Å². The number of aliphatic imine (C=N–C) groups is 1. The summed E-state index contributed by atoms with van der Waals surface area (Å²) in [6.45, 7) is 11.7. The minimum absolute atomic E-state index is 0.0461. The Balaban J connectivity index is 1.74. The van der Waals surface area contributed by atoms with Gasteiger partial charge in [-0.15, -0.1) is 0 Å². The quantitative estimate of drug-likeness (QED) is 0.224. The first-order chi connectivity index (χ1) is 20.4. The van der Waals surface area contributed by atoms with E-state index in [0.29, 0.717) is 37.8 Å². The zero-order valence-corrected chi connectivity index (χ0v) is 25.9. The molecule has 2 amide bonds. The third-order valence-electron chi connectivity index (χ3n) is 9.09. The number of aromatic amines is 1. The van der Waals surface area contributed by atoms with Gasteiger partial charge in [0, 0.05) is 53.9 Å². The Kier molecular flexibility index (Phi) is 9.57. The number of allylic oxidation sites excluding steroid dienone is 2. The van der Waals surface area contributed by atoms with E-state index < -0.39 is 11.9 Å². The summed E-state index contributed by atoms with van der Waals surface area (Å²) < 4.78 is 0. The summed E-state index contributed by atoms with van der Waals surface area (Å²) in [5.41, 5.74) is 10.2. The van der Waals surface area contributed by atoms with Crippen molar-refractivity contribution in [1.82, 2.24) is 15.6 Å². The van der Waals surface area contributed by atoms with Crippen molar-refractivity contribution in [2.24, 2.45) is 4.99 Å². The van der Waals surface area contributed by atoms with Crippen LogP contribution in [0.5, 0.6) is 0 Å². The molecule has 3 aliphatic rings. The molecule has 0 fully saturated rings. The van der Waals surface area contributed by atoms with Gasteiger partial charge in [-0.1, -0.05) is 13.8 Å². The fourth-order valence-corrected chi connectivity index (χ4v) is 6.49. The summed E-state index contributed by atoms with van der Waals surface area (Å²) in [5.74, 6) is -1.93. The topological polar surface area (TPSA) is 161 Å². The molecule has 0 saturated carbocycles. The molecule has 1 aromatic heterocycles. The largest absolute Gasteiger partial charge is 0.481 e. The number of hydrogen-bond donors (Lipinski definition) is 5. The van der Waals surface area contributed by atoms with Gasteiger partial charge in [-0.3, -0.25) is 24.2 Å². The molecule has 4 rings (SSSR count). The Morgan fingerprint density at radius 2 is 1.49 bits per heavy atom. The summed E-state index contributed by atoms with van der Waals surface area (Å²) >= 11 is 0. The molecule has 43 heavy (non-hydrogen) atoms. The van der Waals surface area contributed by atoms with Crippen molar-refractivity contribution in [1.29, 1.82) is 0 Å². The van der Waals surface area contributed by atoms with E-state index in [1.54, 1.807) is 0 Å². The van der Waals surface area contributed by atoms with Crippen molar-refractivity contribution in [3.63, 3.8) is 0 Å². The Bertz CT molecular complexity index is 1530. The number of aromatic nitrogens is 1. The van der Waals surface area contributed by atoms with Gasteiger partial charge in [0.25, 0.3) is 0 Å². The molecule has 1 aromatic rings. The Hall–Kier alpha value is -4.21. The highest BCUT2D eigenvalue weighted by Crippen LogP contribution is 2.35. The number of aliphatic carboxylic acids is 2. The van der Waals surface area contributed by atoms with Gasteiger partial charge >= 0.3 is 11.9 Å². The molecular formula is C33H42N4O6. The van der Waals surface area contributed by atoms with Crippen LogP contribution in [0.15, 0.2) is 44.1 Å². The molecular weight excluding hydrogens is 548 g/mol. The van der Waals surface area contributed by atoms with Crippen LogP contribution in [0.2, 0.25) is 0 Å². The van der Waals surface area contributed by atoms with Crippen molar-refractivity contribution in [3.05, 3.63) is 61.7 Å². The zero-order chi connectivity index (χ0) is 31.6. The van der Waals surface area contributed by atoms with Gasteiger partial charge in [0.1, 0.15) is 0 Å². The molecule has 0 aromatic carbocycles. The lowest BCUT2D eigenvalue weighted by Gasteiger charge is -2.15. The first-order valence-corrected chi connectivity index (χ1v) is 15.0. The zero-order valence-electron chi connectivity index (χ0n) is 25.9. The maximum absolute atomic E-state index is 12.4. The predicted octanol–water partition coefficient (Wildman–Crippen LogP) is 4.70. The van der Waals surface area contributed by atoms with E-state index >= 15 is 0 Å². The van der Waals surface area contributed by atoms with Crippen LogP contribution in [0.25, 0.3) is 6.08 Å². The Morgan fingerprint density at radius 1 is 0.837 bits per heavy atom. The van der Waals surface area contributed by atoms with E-state index in [4.69, 9.17) is 4.99 Å². The standard InChI is InChI=1S/C33H42N4O6/c1-7-20-19(6)32(42)37-27(20)14-25-18(5)23(10-12-31(40)41)29(35-25)15-28-22(9-11-30(38)39)17(4)24(34-28)13-26-16(3)21(8-2)33(43)36-26/h15,26-27,34H,7-14H2,1-6H3,(H,36,43)(H,37,42)(H,38,39)(H,40,41)/b29-15-/t26-,27+/m1/s1. The summed E-state index contributed by atoms with van der Waals surface area (Å²) in [4.78, 5) is 56.3. The average molecular weight is 591 g/mol. The molecule has 2 atom stereocenters. The second-order valence-corrected chi connectivity index (χ2v) is 11.6. The molecule has 3 aliphatic heterocycles. The minimum atomic E-state index is -0.906. The molecule has 4 heterocycles. The minimum Gasteiger partial charge on any atom is -0.481 e. The van der Waals surface area contributed by atoms with Gasteiger partial charge in [0.05, 0.1) is 17.8 Å². The van der Waals surface area contributed by atoms with E-state index in [1.807, 2.05) is 47.6 Å². The number of carboxylic acid groups (broad SMARTS) is 2. The third kappa shape index (κ3) is 6.58. The lowest BCUT2D eigenvalue weighted by atomic mass is 9.94. The maximum Gasteiger partial charge on any atom is 0.303 e. The number of rotatable bonds is 13. The highest BCUT2D eigenvalue weighted by atomic mass is 16.4. The second kappa shape index (κ2) is 13.0. The van der Waals surface area contributed by atoms with Crippen molar-refractivity contribution >= 4 is 35.5 Å². The van der Waals surface area contributed by atoms with Crippen LogP contribution in [0.1, 0.15) is 95.7 Å². The van der Waals surface area contributed by atoms with Crippen LogP contribution in [-0.4, -0.2) is 56.7 Å². The van der Waals surface area contributed by atoms with Crippen LogP contribution in [-0.2, 0) is 32.0 Å². The van der Waals surface area contributed by atoms with E-state index in [0.717, 1.165) is 68.1 Å². The number of nitrogens with zero attached hydrogens (tertiary/aromatic N) is 1. The monoisotopic (exact) mass is 590 g/mol. The Morgan fingerprint density at radius 3 is 2.09 bits per heavy atom. The normalized spacial score (nSPS) is 21.3. The lowest BCUT2D eigenvalue weighted by Crippen LogP contribution is -2.31. The van der Waals surface area contributed by atoms with Crippen molar-refractivity contribution in [3.8, 4) is 0 Å². The predicted molar refractivity (Wildman–Crippen MR) is 165 cm³/mol. The van der Waals surface area contributed by atoms with E-state index in [1.165, 1.54) is 0 Å². The van der Waals surface area contributed by atoms with Crippen LogP contribution >= 0.6 is 0 Å². The second-order valence-electron chi connectivity index (χ2n) is 11.6. The summed E-state index contributed by atoms with van der Waals surface area (Å²) in [7, 11) is 0. The molecule has 0 aliphatic carbocycles. The third-order valence-corrected chi connectivity index (χ3v) is 9.09.